The third-order valence-corrected chi connectivity index (χ3v) is 7.06. The fourth-order valence-electron chi connectivity index (χ4n) is 4.67. The molecule has 0 aliphatic carbocycles. The molecular weight excluding hydrogens is 503 g/mol. The van der Waals surface area contributed by atoms with Gasteiger partial charge in [0.1, 0.15) is 11.4 Å². The number of anilines is 1. The summed E-state index contributed by atoms with van der Waals surface area (Å²) in [6.07, 6.45) is 2.31. The first-order chi connectivity index (χ1) is 18.2. The number of alkyl halides is 3. The summed E-state index contributed by atoms with van der Waals surface area (Å²) in [4.78, 5) is 18.1. The van der Waals surface area contributed by atoms with E-state index in [4.69, 9.17) is 9.47 Å². The monoisotopic (exact) mass is 531 g/mol. The van der Waals surface area contributed by atoms with Crippen molar-refractivity contribution in [1.29, 1.82) is 0 Å². The average Bonchev–Trinajstić information content (AvgIpc) is 3.61. The SMILES string of the molecule is CC1(NCC2CCN(c3ncc(-c4ccc(-c5cn[nH]c5)cc4OC(=O)C(F)(F)F)nn3)C2)CCOCC1. The van der Waals surface area contributed by atoms with E-state index >= 15 is 0 Å². The lowest BCUT2D eigenvalue weighted by molar-refractivity contribution is -0.189. The van der Waals surface area contributed by atoms with Gasteiger partial charge in [-0.15, -0.1) is 10.2 Å². The van der Waals surface area contributed by atoms with Crippen molar-refractivity contribution < 1.29 is 27.4 Å². The second-order valence-corrected chi connectivity index (χ2v) is 9.88. The Bertz CT molecular complexity index is 1250. The minimum Gasteiger partial charge on any atom is -0.419 e. The van der Waals surface area contributed by atoms with Crippen molar-refractivity contribution in [3.8, 4) is 28.1 Å². The summed E-state index contributed by atoms with van der Waals surface area (Å²) in [5.74, 6) is -1.75. The molecule has 13 heteroatoms. The lowest BCUT2D eigenvalue weighted by atomic mass is 9.91. The number of aromatic nitrogens is 5. The highest BCUT2D eigenvalue weighted by molar-refractivity contribution is 5.82. The molecular formula is C25H28F3N7O3. The minimum absolute atomic E-state index is 0.0891. The van der Waals surface area contributed by atoms with E-state index in [1.54, 1.807) is 12.3 Å². The zero-order valence-electron chi connectivity index (χ0n) is 20.8. The molecule has 2 saturated heterocycles. The molecule has 1 atom stereocenters. The Hall–Kier alpha value is -3.58. The number of H-pyrrole nitrogens is 1. The number of esters is 1. The number of rotatable bonds is 7. The molecule has 2 N–H and O–H groups in total. The van der Waals surface area contributed by atoms with Crippen molar-refractivity contribution in [2.24, 2.45) is 5.92 Å². The first kappa shape index (κ1) is 26.0. The molecule has 2 aliphatic heterocycles. The maximum Gasteiger partial charge on any atom is 0.491 e. The second-order valence-electron chi connectivity index (χ2n) is 9.88. The highest BCUT2D eigenvalue weighted by Crippen LogP contribution is 2.34. The van der Waals surface area contributed by atoms with Gasteiger partial charge in [-0.05, 0) is 49.8 Å². The number of carbonyl (C=O) groups is 1. The van der Waals surface area contributed by atoms with Gasteiger partial charge in [-0.1, -0.05) is 6.07 Å². The molecule has 5 rings (SSSR count). The minimum atomic E-state index is -5.15. The lowest BCUT2D eigenvalue weighted by Gasteiger charge is -2.35. The van der Waals surface area contributed by atoms with Crippen LogP contribution in [0.4, 0.5) is 19.1 Å². The molecule has 2 aromatic heterocycles. The normalized spacial score (nSPS) is 19.5. The summed E-state index contributed by atoms with van der Waals surface area (Å²) in [7, 11) is 0. The molecule has 1 aromatic carbocycles. The zero-order valence-corrected chi connectivity index (χ0v) is 20.8. The van der Waals surface area contributed by atoms with Crippen LogP contribution >= 0.6 is 0 Å². The van der Waals surface area contributed by atoms with E-state index in [-0.39, 0.29) is 22.5 Å². The number of halogens is 3. The van der Waals surface area contributed by atoms with E-state index < -0.39 is 12.1 Å². The van der Waals surface area contributed by atoms with Crippen molar-refractivity contribution in [3.63, 3.8) is 0 Å². The molecule has 38 heavy (non-hydrogen) atoms. The summed E-state index contributed by atoms with van der Waals surface area (Å²) in [6.45, 7) is 6.21. The van der Waals surface area contributed by atoms with Gasteiger partial charge < -0.3 is 19.7 Å². The van der Waals surface area contributed by atoms with E-state index in [2.05, 4.69) is 37.6 Å². The van der Waals surface area contributed by atoms with Gasteiger partial charge in [-0.25, -0.2) is 9.78 Å². The van der Waals surface area contributed by atoms with Crippen LogP contribution in [0.5, 0.6) is 5.75 Å². The van der Waals surface area contributed by atoms with Crippen molar-refractivity contribution in [2.75, 3.05) is 37.7 Å². The number of hydrogen-bond donors (Lipinski definition) is 2. The second kappa shape index (κ2) is 10.7. The third-order valence-electron chi connectivity index (χ3n) is 7.06. The van der Waals surface area contributed by atoms with E-state index in [1.165, 1.54) is 24.5 Å². The molecule has 0 spiro atoms. The Kier molecular flexibility index (Phi) is 7.30. The number of aromatic amines is 1. The van der Waals surface area contributed by atoms with E-state index in [1.807, 2.05) is 4.90 Å². The average molecular weight is 532 g/mol. The molecule has 2 fully saturated rings. The Morgan fingerprint density at radius 1 is 1.24 bits per heavy atom. The molecule has 1 unspecified atom stereocenters. The van der Waals surface area contributed by atoms with Gasteiger partial charge in [0.2, 0.25) is 5.95 Å². The highest BCUT2D eigenvalue weighted by Gasteiger charge is 2.42. The standard InChI is InChI=1S/C25H28F3N7O3/c1-24(5-8-37-9-6-24)30-11-16-4-7-35(15-16)23-29-14-20(33-34-23)19-3-2-17(18-12-31-32-13-18)10-21(19)38-22(36)25(26,27)28/h2-3,10,12-14,16,30H,4-9,11,15H2,1H3,(H,31,32). The topological polar surface area (TPSA) is 118 Å². The summed E-state index contributed by atoms with van der Waals surface area (Å²) < 4.78 is 49.0. The van der Waals surface area contributed by atoms with Crippen molar-refractivity contribution in [3.05, 3.63) is 36.8 Å². The number of benzene rings is 1. The summed E-state index contributed by atoms with van der Waals surface area (Å²) in [6, 6.07) is 4.51. The number of ether oxygens (including phenoxy) is 2. The van der Waals surface area contributed by atoms with Crippen molar-refractivity contribution >= 4 is 11.9 Å². The van der Waals surface area contributed by atoms with Crippen LogP contribution in [-0.2, 0) is 9.53 Å². The molecule has 2 aliphatic rings. The smallest absolute Gasteiger partial charge is 0.419 e. The lowest BCUT2D eigenvalue weighted by Crippen LogP contribution is -2.48. The molecule has 0 radical (unpaired) electrons. The van der Waals surface area contributed by atoms with Crippen molar-refractivity contribution in [2.45, 2.75) is 37.9 Å². The van der Waals surface area contributed by atoms with E-state index in [9.17, 15) is 18.0 Å². The molecule has 0 amide bonds. The molecule has 202 valence electrons. The third kappa shape index (κ3) is 5.94. The Morgan fingerprint density at radius 2 is 2.05 bits per heavy atom. The van der Waals surface area contributed by atoms with Gasteiger partial charge in [-0.2, -0.15) is 18.3 Å². The van der Waals surface area contributed by atoms with Gasteiger partial charge in [-0.3, -0.25) is 5.10 Å². The van der Waals surface area contributed by atoms with Crippen LogP contribution in [0.2, 0.25) is 0 Å². The summed E-state index contributed by atoms with van der Waals surface area (Å²) >= 11 is 0. The van der Waals surface area contributed by atoms with Gasteiger partial charge in [0.15, 0.2) is 0 Å². The maximum absolute atomic E-state index is 12.9. The predicted octanol–water partition coefficient (Wildman–Crippen LogP) is 3.38. The van der Waals surface area contributed by atoms with Crippen LogP contribution in [0, 0.1) is 5.92 Å². The van der Waals surface area contributed by atoms with Gasteiger partial charge in [0.05, 0.1) is 12.4 Å². The first-order valence-electron chi connectivity index (χ1n) is 12.4. The number of carbonyl (C=O) groups excluding carboxylic acids is 1. The Labute approximate surface area is 216 Å². The number of nitrogens with one attached hydrogen (secondary N) is 2. The van der Waals surface area contributed by atoms with Crippen LogP contribution in [0.15, 0.2) is 36.8 Å². The van der Waals surface area contributed by atoms with Crippen LogP contribution in [0.3, 0.4) is 0 Å². The van der Waals surface area contributed by atoms with Gasteiger partial charge in [0.25, 0.3) is 0 Å². The van der Waals surface area contributed by atoms with Crippen LogP contribution in [0.25, 0.3) is 22.4 Å². The van der Waals surface area contributed by atoms with E-state index in [0.717, 1.165) is 52.1 Å². The largest absolute Gasteiger partial charge is 0.491 e. The zero-order chi connectivity index (χ0) is 26.8. The van der Waals surface area contributed by atoms with Crippen LogP contribution in [-0.4, -0.2) is 75.9 Å². The fraction of sp³-hybridized carbons (Fsp3) is 0.480. The fourth-order valence-corrected chi connectivity index (χ4v) is 4.67. The van der Waals surface area contributed by atoms with Crippen molar-refractivity contribution in [1.82, 2.24) is 30.7 Å². The van der Waals surface area contributed by atoms with Crippen LogP contribution in [0.1, 0.15) is 26.2 Å². The molecule has 10 nitrogen and oxygen atoms in total. The molecule has 4 heterocycles. The van der Waals surface area contributed by atoms with E-state index in [0.29, 0.717) is 23.0 Å². The predicted molar refractivity (Wildman–Crippen MR) is 131 cm³/mol. The molecule has 0 saturated carbocycles. The van der Waals surface area contributed by atoms with Gasteiger partial charge in [0, 0.05) is 55.7 Å². The van der Waals surface area contributed by atoms with Crippen LogP contribution < -0.4 is 15.0 Å². The number of hydrogen-bond acceptors (Lipinski definition) is 9. The molecule has 0 bridgehead atoms. The Balaban J connectivity index is 1.29. The summed E-state index contributed by atoms with van der Waals surface area (Å²) in [5.41, 5.74) is 1.56. The van der Waals surface area contributed by atoms with Gasteiger partial charge >= 0.3 is 12.1 Å². The highest BCUT2D eigenvalue weighted by atomic mass is 19.4. The summed E-state index contributed by atoms with van der Waals surface area (Å²) in [5, 5.41) is 18.6. The molecule has 3 aromatic rings. The maximum atomic E-state index is 12.9. The number of nitrogens with zero attached hydrogens (tertiary/aromatic N) is 5. The first-order valence-corrected chi connectivity index (χ1v) is 12.4. The Morgan fingerprint density at radius 3 is 2.74 bits per heavy atom. The quantitative estimate of drug-likeness (QED) is 0.349.